The minimum atomic E-state index is -4.03. The summed E-state index contributed by atoms with van der Waals surface area (Å²) in [6.45, 7) is 8.17. The number of thioether (sulfide) groups is 1. The largest absolute Gasteiger partial charge is 0.354 e. The number of hydrogen-bond donors (Lipinski definition) is 1. The van der Waals surface area contributed by atoms with E-state index in [-0.39, 0.29) is 25.4 Å². The summed E-state index contributed by atoms with van der Waals surface area (Å²) in [6.07, 6.45) is 0. The Balaban J connectivity index is 2.29. The van der Waals surface area contributed by atoms with E-state index in [0.717, 1.165) is 15.6 Å². The summed E-state index contributed by atoms with van der Waals surface area (Å²) in [4.78, 5) is 12.6. The average molecular weight is 489 g/mol. The van der Waals surface area contributed by atoms with Crippen molar-refractivity contribution < 1.29 is 13.2 Å². The second-order valence-electron chi connectivity index (χ2n) is 7.71. The molecule has 5 nitrogen and oxygen atoms in total. The molecule has 0 aliphatic rings. The Kier molecular flexibility index (Phi) is 8.51. The molecule has 0 bridgehead atoms. The van der Waals surface area contributed by atoms with Gasteiger partial charge in [0.1, 0.15) is 6.54 Å². The smallest absolute Gasteiger partial charge is 0.264 e. The van der Waals surface area contributed by atoms with E-state index >= 15 is 0 Å². The second-order valence-corrected chi connectivity index (χ2v) is 12.3. The molecule has 164 valence electrons. The quantitative estimate of drug-likeness (QED) is 0.522. The summed E-state index contributed by atoms with van der Waals surface area (Å²) in [5.41, 5.74) is 1.08. The lowest BCUT2D eigenvalue weighted by molar-refractivity contribution is -0.119. The van der Waals surface area contributed by atoms with Crippen molar-refractivity contribution in [1.29, 1.82) is 0 Å². The first-order valence-electron chi connectivity index (χ1n) is 9.36. The van der Waals surface area contributed by atoms with Crippen LogP contribution in [0.1, 0.15) is 26.3 Å². The molecule has 0 aromatic heterocycles. The van der Waals surface area contributed by atoms with Crippen molar-refractivity contribution in [1.82, 2.24) is 5.32 Å². The highest BCUT2D eigenvalue weighted by molar-refractivity contribution is 8.00. The van der Waals surface area contributed by atoms with Gasteiger partial charge in [-0.25, -0.2) is 8.42 Å². The van der Waals surface area contributed by atoms with Gasteiger partial charge < -0.3 is 5.32 Å². The number of nitrogens with zero attached hydrogens (tertiary/aromatic N) is 1. The van der Waals surface area contributed by atoms with Crippen molar-refractivity contribution in [2.75, 3.05) is 23.1 Å². The van der Waals surface area contributed by atoms with Crippen molar-refractivity contribution in [3.05, 3.63) is 58.1 Å². The summed E-state index contributed by atoms with van der Waals surface area (Å²) in [6, 6.07) is 11.1. The Labute approximate surface area is 193 Å². The molecule has 2 aromatic carbocycles. The van der Waals surface area contributed by atoms with Crippen LogP contribution in [-0.4, -0.2) is 37.9 Å². The molecular weight excluding hydrogens is 463 g/mol. The molecule has 0 aliphatic carbocycles. The fourth-order valence-electron chi connectivity index (χ4n) is 2.56. The number of aryl methyl sites for hydroxylation is 1. The topological polar surface area (TPSA) is 66.5 Å². The van der Waals surface area contributed by atoms with Crippen molar-refractivity contribution in [2.45, 2.75) is 37.3 Å². The van der Waals surface area contributed by atoms with Crippen LogP contribution in [0.25, 0.3) is 0 Å². The number of rotatable bonds is 8. The number of hydrogen-bond acceptors (Lipinski definition) is 4. The number of carbonyl (C=O) groups is 1. The molecule has 0 unspecified atom stereocenters. The van der Waals surface area contributed by atoms with Crippen LogP contribution in [0, 0.1) is 6.92 Å². The fraction of sp³-hybridized carbons (Fsp3) is 0.381. The number of anilines is 1. The molecule has 0 saturated carbocycles. The van der Waals surface area contributed by atoms with Crippen molar-refractivity contribution in [3.8, 4) is 0 Å². The third-order valence-electron chi connectivity index (χ3n) is 4.06. The summed E-state index contributed by atoms with van der Waals surface area (Å²) < 4.78 is 27.8. The number of sulfonamides is 1. The zero-order valence-electron chi connectivity index (χ0n) is 17.4. The third-order valence-corrected chi connectivity index (χ3v) is 7.91. The number of amides is 1. The fourth-order valence-corrected chi connectivity index (χ4v) is 5.25. The molecule has 0 saturated heterocycles. The minimum absolute atomic E-state index is 0.0697. The molecule has 0 aliphatic heterocycles. The van der Waals surface area contributed by atoms with Crippen LogP contribution in [-0.2, 0) is 14.8 Å². The first-order valence-corrected chi connectivity index (χ1v) is 12.5. The lowest BCUT2D eigenvalue weighted by Crippen LogP contribution is -2.41. The van der Waals surface area contributed by atoms with Crippen LogP contribution in [0.4, 0.5) is 5.69 Å². The molecular formula is C21H26Cl2N2O3S2. The maximum atomic E-state index is 13.3. The Morgan fingerprint density at radius 1 is 1.10 bits per heavy atom. The molecule has 1 N–H and O–H groups in total. The highest BCUT2D eigenvalue weighted by Gasteiger charge is 2.29. The second kappa shape index (κ2) is 10.3. The van der Waals surface area contributed by atoms with E-state index in [9.17, 15) is 13.2 Å². The Hall–Kier alpha value is -1.41. The van der Waals surface area contributed by atoms with Gasteiger partial charge in [-0.15, -0.1) is 0 Å². The van der Waals surface area contributed by atoms with Crippen LogP contribution < -0.4 is 9.62 Å². The van der Waals surface area contributed by atoms with Crippen LogP contribution in [0.5, 0.6) is 0 Å². The van der Waals surface area contributed by atoms with Crippen molar-refractivity contribution in [3.63, 3.8) is 0 Å². The van der Waals surface area contributed by atoms with E-state index in [1.54, 1.807) is 36.0 Å². The van der Waals surface area contributed by atoms with Gasteiger partial charge in [-0.05, 0) is 31.2 Å². The minimum Gasteiger partial charge on any atom is -0.354 e. The zero-order valence-corrected chi connectivity index (χ0v) is 20.6. The first-order chi connectivity index (χ1) is 13.9. The van der Waals surface area contributed by atoms with Gasteiger partial charge in [0.15, 0.2) is 0 Å². The van der Waals surface area contributed by atoms with Gasteiger partial charge in [-0.2, -0.15) is 11.8 Å². The molecule has 0 atom stereocenters. The van der Waals surface area contributed by atoms with Gasteiger partial charge in [-0.3, -0.25) is 9.10 Å². The Morgan fingerprint density at radius 3 is 2.33 bits per heavy atom. The lowest BCUT2D eigenvalue weighted by atomic mass is 10.2. The van der Waals surface area contributed by atoms with Gasteiger partial charge in [0.25, 0.3) is 10.0 Å². The van der Waals surface area contributed by atoms with Crippen LogP contribution in [0.2, 0.25) is 10.0 Å². The van der Waals surface area contributed by atoms with E-state index < -0.39 is 22.5 Å². The zero-order chi connectivity index (χ0) is 22.5. The molecule has 0 spiro atoms. The standard InChI is InChI=1S/C21H26Cl2N2O3S2/c1-15-8-10-16(11-9-15)30(27,28)25(18-7-5-6-17(22)20(18)23)14-19(26)24-12-13-29-21(2,3)4/h5-11H,12-14H2,1-4H3,(H,24,26). The summed E-state index contributed by atoms with van der Waals surface area (Å²) in [5, 5.41) is 3.06. The number of nitrogens with one attached hydrogen (secondary N) is 1. The predicted molar refractivity (Wildman–Crippen MR) is 127 cm³/mol. The third kappa shape index (κ3) is 6.80. The van der Waals surface area contributed by atoms with Crippen molar-refractivity contribution >= 4 is 56.6 Å². The summed E-state index contributed by atoms with van der Waals surface area (Å²) in [7, 11) is -4.03. The first kappa shape index (κ1) is 24.9. The Morgan fingerprint density at radius 2 is 1.73 bits per heavy atom. The van der Waals surface area contributed by atoms with Crippen molar-refractivity contribution in [2.24, 2.45) is 0 Å². The predicted octanol–water partition coefficient (Wildman–Crippen LogP) is 5.15. The maximum Gasteiger partial charge on any atom is 0.264 e. The van der Waals surface area contributed by atoms with Gasteiger partial charge in [-0.1, -0.05) is 67.7 Å². The highest BCUT2D eigenvalue weighted by atomic mass is 35.5. The van der Waals surface area contributed by atoms with Gasteiger partial charge in [0, 0.05) is 17.0 Å². The Bertz CT molecular complexity index is 988. The van der Waals surface area contributed by atoms with Crippen LogP contribution in [0.3, 0.4) is 0 Å². The van der Waals surface area contributed by atoms with E-state index in [0.29, 0.717) is 6.54 Å². The molecule has 9 heteroatoms. The van der Waals surface area contributed by atoms with Crippen LogP contribution >= 0.6 is 35.0 Å². The molecule has 0 fully saturated rings. The number of benzene rings is 2. The molecule has 1 amide bonds. The van der Waals surface area contributed by atoms with Gasteiger partial charge in [0.2, 0.25) is 5.91 Å². The molecule has 2 rings (SSSR count). The van der Waals surface area contributed by atoms with E-state index in [2.05, 4.69) is 26.1 Å². The van der Waals surface area contributed by atoms with Crippen LogP contribution in [0.15, 0.2) is 47.4 Å². The number of carbonyl (C=O) groups excluding carboxylic acids is 1. The highest BCUT2D eigenvalue weighted by Crippen LogP contribution is 2.35. The van der Waals surface area contributed by atoms with Gasteiger partial charge >= 0.3 is 0 Å². The molecule has 0 radical (unpaired) electrons. The molecule has 0 heterocycles. The molecule has 30 heavy (non-hydrogen) atoms. The normalized spacial score (nSPS) is 11.9. The summed E-state index contributed by atoms with van der Waals surface area (Å²) in [5.74, 6) is 0.300. The summed E-state index contributed by atoms with van der Waals surface area (Å²) >= 11 is 14.1. The average Bonchev–Trinajstić information content (AvgIpc) is 2.65. The maximum absolute atomic E-state index is 13.3. The SMILES string of the molecule is Cc1ccc(S(=O)(=O)N(CC(=O)NCCSC(C)(C)C)c2cccc(Cl)c2Cl)cc1. The van der Waals surface area contributed by atoms with Gasteiger partial charge in [0.05, 0.1) is 20.6 Å². The van der Waals surface area contributed by atoms with E-state index in [1.165, 1.54) is 18.2 Å². The van der Waals surface area contributed by atoms with E-state index in [1.807, 2.05) is 6.92 Å². The number of halogens is 2. The lowest BCUT2D eigenvalue weighted by Gasteiger charge is -2.25. The monoisotopic (exact) mass is 488 g/mol. The molecule has 2 aromatic rings. The van der Waals surface area contributed by atoms with E-state index in [4.69, 9.17) is 23.2 Å².